The molecular formula is C15H15BrN4O2. The van der Waals surface area contributed by atoms with Crippen LogP contribution in [0.1, 0.15) is 10.5 Å². The fourth-order valence-corrected chi connectivity index (χ4v) is 2.53. The number of aliphatic imine (C=N–C) groups is 1. The van der Waals surface area contributed by atoms with Crippen LogP contribution in [-0.2, 0) is 6.54 Å². The fourth-order valence-electron chi connectivity index (χ4n) is 2.19. The van der Waals surface area contributed by atoms with Gasteiger partial charge in [-0.15, -0.1) is 0 Å². The molecule has 6 nitrogen and oxygen atoms in total. The Morgan fingerprint density at radius 2 is 2.32 bits per heavy atom. The Bertz CT molecular complexity index is 752. The third-order valence-corrected chi connectivity index (χ3v) is 3.67. The lowest BCUT2D eigenvalue weighted by molar-refractivity contribution is 0.0998. The highest BCUT2D eigenvalue weighted by molar-refractivity contribution is 9.10. The molecule has 0 N–H and O–H groups in total. The van der Waals surface area contributed by atoms with Crippen LogP contribution in [0.25, 0.3) is 11.4 Å². The second-order valence-corrected chi connectivity index (χ2v) is 6.06. The summed E-state index contributed by atoms with van der Waals surface area (Å²) < 4.78 is 8.61. The van der Waals surface area contributed by atoms with E-state index in [1.807, 2.05) is 36.9 Å². The minimum absolute atomic E-state index is 0.337. The van der Waals surface area contributed by atoms with Crippen LogP contribution in [0.2, 0.25) is 0 Å². The Kier molecular flexibility index (Phi) is 3.98. The summed E-state index contributed by atoms with van der Waals surface area (Å²) in [5.74, 6) is 1.13. The van der Waals surface area contributed by atoms with Gasteiger partial charge in [0.25, 0.3) is 5.91 Å². The van der Waals surface area contributed by atoms with E-state index in [2.05, 4.69) is 25.9 Å². The lowest BCUT2D eigenvalue weighted by Crippen LogP contribution is -2.10. The molecule has 0 spiro atoms. The smallest absolute Gasteiger partial charge is 0.298 e. The van der Waals surface area contributed by atoms with Crippen molar-refractivity contribution in [3.63, 3.8) is 0 Å². The largest absolute Gasteiger partial charge is 0.491 e. The number of benzene rings is 1. The third-order valence-electron chi connectivity index (χ3n) is 3.18. The highest BCUT2D eigenvalue weighted by Gasteiger charge is 2.20. The van der Waals surface area contributed by atoms with Gasteiger partial charge in [-0.05, 0) is 18.2 Å². The van der Waals surface area contributed by atoms with Crippen molar-refractivity contribution in [1.29, 1.82) is 0 Å². The van der Waals surface area contributed by atoms with Gasteiger partial charge in [0.05, 0.1) is 18.4 Å². The molecule has 0 aliphatic carbocycles. The van der Waals surface area contributed by atoms with Crippen LogP contribution in [-0.4, -0.2) is 47.4 Å². The van der Waals surface area contributed by atoms with Gasteiger partial charge >= 0.3 is 0 Å². The first-order chi connectivity index (χ1) is 10.5. The highest BCUT2D eigenvalue weighted by Crippen LogP contribution is 2.34. The molecular weight excluding hydrogens is 348 g/mol. The molecule has 0 radical (unpaired) electrons. The molecule has 22 heavy (non-hydrogen) atoms. The van der Waals surface area contributed by atoms with Crippen LogP contribution >= 0.6 is 15.9 Å². The molecule has 0 atom stereocenters. The standard InChI is InChI=1S/C15H15BrN4O2/c1-19(2)9-17-15(21)12-8-20-5-6-22-13-7-10(16)3-4-11(13)14(20)18-12/h3-4,7-9H,5-6H2,1-2H3. The molecule has 0 saturated carbocycles. The summed E-state index contributed by atoms with van der Waals surface area (Å²) in [4.78, 5) is 22.1. The summed E-state index contributed by atoms with van der Waals surface area (Å²) >= 11 is 3.43. The van der Waals surface area contributed by atoms with Gasteiger partial charge < -0.3 is 14.2 Å². The quantitative estimate of drug-likeness (QED) is 0.608. The topological polar surface area (TPSA) is 59.7 Å². The molecule has 7 heteroatoms. The fraction of sp³-hybridized carbons (Fsp3) is 0.267. The molecule has 1 aromatic carbocycles. The van der Waals surface area contributed by atoms with Crippen molar-refractivity contribution < 1.29 is 9.53 Å². The number of nitrogens with zero attached hydrogens (tertiary/aromatic N) is 4. The van der Waals surface area contributed by atoms with Crippen molar-refractivity contribution in [3.05, 3.63) is 34.6 Å². The van der Waals surface area contributed by atoms with Crippen molar-refractivity contribution >= 4 is 28.2 Å². The van der Waals surface area contributed by atoms with Gasteiger partial charge in [0.1, 0.15) is 23.9 Å². The minimum Gasteiger partial charge on any atom is -0.491 e. The number of fused-ring (bicyclic) bond motifs is 3. The van der Waals surface area contributed by atoms with Crippen LogP contribution in [0.4, 0.5) is 0 Å². The summed E-state index contributed by atoms with van der Waals surface area (Å²) in [6.45, 7) is 1.17. The van der Waals surface area contributed by atoms with E-state index in [4.69, 9.17) is 4.74 Å². The van der Waals surface area contributed by atoms with Crippen LogP contribution in [0, 0.1) is 0 Å². The van der Waals surface area contributed by atoms with Crippen molar-refractivity contribution in [2.75, 3.05) is 20.7 Å². The van der Waals surface area contributed by atoms with Gasteiger partial charge in [-0.1, -0.05) is 15.9 Å². The zero-order valence-electron chi connectivity index (χ0n) is 12.3. The van der Waals surface area contributed by atoms with E-state index in [0.29, 0.717) is 18.8 Å². The van der Waals surface area contributed by atoms with Gasteiger partial charge in [-0.3, -0.25) is 4.79 Å². The zero-order chi connectivity index (χ0) is 15.7. The molecule has 3 rings (SSSR count). The average Bonchev–Trinajstić information content (AvgIpc) is 2.82. The van der Waals surface area contributed by atoms with Crippen LogP contribution < -0.4 is 4.74 Å². The number of rotatable bonds is 2. The van der Waals surface area contributed by atoms with E-state index in [1.54, 1.807) is 11.1 Å². The Balaban J connectivity index is 2.01. The van der Waals surface area contributed by atoms with Gasteiger partial charge in [-0.25, -0.2) is 4.98 Å². The first-order valence-electron chi connectivity index (χ1n) is 6.79. The molecule has 2 heterocycles. The normalized spacial score (nSPS) is 13.2. The van der Waals surface area contributed by atoms with Crippen molar-refractivity contribution in [2.45, 2.75) is 6.54 Å². The van der Waals surface area contributed by atoms with E-state index in [1.165, 1.54) is 6.34 Å². The molecule has 1 aliphatic rings. The second kappa shape index (κ2) is 5.92. The molecule has 0 fully saturated rings. The van der Waals surface area contributed by atoms with E-state index in [9.17, 15) is 4.79 Å². The number of hydrogen-bond acceptors (Lipinski definition) is 3. The SMILES string of the molecule is CN(C)C=NC(=O)c1cn2c(n1)-c1ccc(Br)cc1OCC2. The number of ether oxygens (including phenoxy) is 1. The number of carbonyl (C=O) groups excluding carboxylic acids is 1. The number of imidazole rings is 1. The summed E-state index contributed by atoms with van der Waals surface area (Å²) in [5.41, 5.74) is 1.21. The van der Waals surface area contributed by atoms with Gasteiger partial charge in [0.15, 0.2) is 0 Å². The molecule has 0 bridgehead atoms. The first kappa shape index (κ1) is 14.8. The number of carbonyl (C=O) groups is 1. The molecule has 0 unspecified atom stereocenters. The van der Waals surface area contributed by atoms with E-state index < -0.39 is 0 Å². The van der Waals surface area contributed by atoms with E-state index in [0.717, 1.165) is 21.6 Å². The van der Waals surface area contributed by atoms with Gasteiger partial charge in [0, 0.05) is 24.8 Å². The van der Waals surface area contributed by atoms with Crippen molar-refractivity contribution in [2.24, 2.45) is 4.99 Å². The molecule has 0 saturated heterocycles. The molecule has 1 aliphatic heterocycles. The van der Waals surface area contributed by atoms with Gasteiger partial charge in [0.2, 0.25) is 0 Å². The molecule has 1 aromatic heterocycles. The predicted octanol–water partition coefficient (Wildman–Crippen LogP) is 2.44. The summed E-state index contributed by atoms with van der Waals surface area (Å²) in [5, 5.41) is 0. The number of hydrogen-bond donors (Lipinski definition) is 0. The molecule has 1 amide bonds. The average molecular weight is 363 g/mol. The van der Waals surface area contributed by atoms with Crippen molar-refractivity contribution in [3.8, 4) is 17.1 Å². The van der Waals surface area contributed by atoms with Crippen LogP contribution in [0.5, 0.6) is 5.75 Å². The monoisotopic (exact) mass is 362 g/mol. The first-order valence-corrected chi connectivity index (χ1v) is 7.59. The number of amides is 1. The second-order valence-electron chi connectivity index (χ2n) is 5.15. The Morgan fingerprint density at radius 3 is 3.09 bits per heavy atom. The summed E-state index contributed by atoms with van der Waals surface area (Å²) in [7, 11) is 3.62. The Labute approximate surface area is 136 Å². The number of aromatic nitrogens is 2. The zero-order valence-corrected chi connectivity index (χ0v) is 13.9. The highest BCUT2D eigenvalue weighted by atomic mass is 79.9. The maximum absolute atomic E-state index is 12.1. The van der Waals surface area contributed by atoms with Crippen LogP contribution in [0.15, 0.2) is 33.9 Å². The van der Waals surface area contributed by atoms with E-state index in [-0.39, 0.29) is 5.91 Å². The van der Waals surface area contributed by atoms with Crippen molar-refractivity contribution in [1.82, 2.24) is 14.5 Å². The molecule has 2 aromatic rings. The lowest BCUT2D eigenvalue weighted by Gasteiger charge is -2.06. The summed E-state index contributed by atoms with van der Waals surface area (Å²) in [6.07, 6.45) is 3.20. The maximum atomic E-state index is 12.1. The molecule has 114 valence electrons. The van der Waals surface area contributed by atoms with E-state index >= 15 is 0 Å². The third kappa shape index (κ3) is 2.89. The minimum atomic E-state index is -0.353. The summed E-state index contributed by atoms with van der Waals surface area (Å²) in [6, 6.07) is 5.77. The predicted molar refractivity (Wildman–Crippen MR) is 87.4 cm³/mol. The maximum Gasteiger partial charge on any atom is 0.298 e. The van der Waals surface area contributed by atoms with Crippen LogP contribution in [0.3, 0.4) is 0 Å². The Hall–Kier alpha value is -2.15. The van der Waals surface area contributed by atoms with Gasteiger partial charge in [-0.2, -0.15) is 4.99 Å². The lowest BCUT2D eigenvalue weighted by atomic mass is 10.2. The Morgan fingerprint density at radius 1 is 1.50 bits per heavy atom. The number of halogens is 1.